The predicted molar refractivity (Wildman–Crippen MR) is 83.7 cm³/mol. The Morgan fingerprint density at radius 3 is 2.50 bits per heavy atom. The topological polar surface area (TPSA) is 29.9 Å². The van der Waals surface area contributed by atoms with Crippen LogP contribution >= 0.6 is 0 Å². The molecule has 3 nitrogen and oxygen atoms in total. The van der Waals surface area contributed by atoms with Gasteiger partial charge in [-0.2, -0.15) is 5.10 Å². The summed E-state index contributed by atoms with van der Waals surface area (Å²) in [6, 6.07) is 11.6. The van der Waals surface area contributed by atoms with Crippen LogP contribution in [-0.2, 0) is 6.54 Å². The molecule has 0 aliphatic carbocycles. The molecule has 1 heterocycles. The molecule has 1 N–H and O–H groups in total. The van der Waals surface area contributed by atoms with E-state index in [2.05, 4.69) is 74.6 Å². The molecule has 0 bridgehead atoms. The van der Waals surface area contributed by atoms with Gasteiger partial charge in [-0.1, -0.05) is 36.8 Å². The number of benzene rings is 1. The van der Waals surface area contributed by atoms with Crippen molar-refractivity contribution in [2.45, 2.75) is 52.7 Å². The van der Waals surface area contributed by atoms with Gasteiger partial charge in [-0.25, -0.2) is 0 Å². The molecule has 0 aliphatic heterocycles. The maximum absolute atomic E-state index is 4.61. The third kappa shape index (κ3) is 3.70. The molecule has 0 fully saturated rings. The van der Waals surface area contributed by atoms with E-state index < -0.39 is 0 Å². The Bertz CT molecular complexity index is 527. The molecule has 2 aromatic rings. The van der Waals surface area contributed by atoms with Gasteiger partial charge in [0.15, 0.2) is 0 Å². The summed E-state index contributed by atoms with van der Waals surface area (Å²) < 4.78 is 2.05. The van der Waals surface area contributed by atoms with Gasteiger partial charge in [0.1, 0.15) is 0 Å². The molecule has 0 spiro atoms. The fourth-order valence-corrected chi connectivity index (χ4v) is 2.13. The van der Waals surface area contributed by atoms with Crippen LogP contribution in [0.4, 0.5) is 0 Å². The number of nitrogens with one attached hydrogen (secondary N) is 1. The summed E-state index contributed by atoms with van der Waals surface area (Å²) >= 11 is 0. The van der Waals surface area contributed by atoms with E-state index >= 15 is 0 Å². The van der Waals surface area contributed by atoms with Crippen molar-refractivity contribution < 1.29 is 0 Å². The molecule has 1 aromatic heterocycles. The van der Waals surface area contributed by atoms with Crippen molar-refractivity contribution in [3.63, 3.8) is 0 Å². The molecule has 20 heavy (non-hydrogen) atoms. The lowest BCUT2D eigenvalue weighted by Gasteiger charge is -2.14. The fourth-order valence-electron chi connectivity index (χ4n) is 2.13. The third-order valence-electron chi connectivity index (χ3n) is 3.87. The molecule has 3 heteroatoms. The minimum Gasteiger partial charge on any atom is -0.304 e. The highest BCUT2D eigenvalue weighted by atomic mass is 15.3. The molecular formula is C17H25N3. The van der Waals surface area contributed by atoms with E-state index in [-0.39, 0.29) is 0 Å². The van der Waals surface area contributed by atoms with Crippen LogP contribution in [0.25, 0.3) is 0 Å². The second-order valence-corrected chi connectivity index (χ2v) is 5.56. The smallest absolute Gasteiger partial charge is 0.0762 e. The summed E-state index contributed by atoms with van der Waals surface area (Å²) in [5, 5.41) is 8.14. The Balaban J connectivity index is 1.91. The number of hydrogen-bond acceptors (Lipinski definition) is 2. The Morgan fingerprint density at radius 1 is 1.15 bits per heavy atom. The van der Waals surface area contributed by atoms with Crippen LogP contribution in [0.1, 0.15) is 56.1 Å². The van der Waals surface area contributed by atoms with Crippen molar-refractivity contribution in [3.8, 4) is 0 Å². The molecule has 108 valence electrons. The van der Waals surface area contributed by atoms with Gasteiger partial charge in [0.25, 0.3) is 0 Å². The van der Waals surface area contributed by atoms with Crippen LogP contribution in [0, 0.1) is 6.92 Å². The summed E-state index contributed by atoms with van der Waals surface area (Å²) in [4.78, 5) is 0. The Hall–Kier alpha value is -1.61. The SMILES string of the molecule is CCC(C)n1ccc(CNC(C)c2ccc(C)cc2)n1. The molecule has 0 saturated carbocycles. The molecular weight excluding hydrogens is 246 g/mol. The molecule has 2 rings (SSSR count). The largest absolute Gasteiger partial charge is 0.304 e. The lowest BCUT2D eigenvalue weighted by atomic mass is 10.1. The molecule has 2 unspecified atom stereocenters. The average molecular weight is 271 g/mol. The van der Waals surface area contributed by atoms with Crippen LogP contribution in [-0.4, -0.2) is 9.78 Å². The predicted octanol–water partition coefficient (Wildman–Crippen LogP) is 4.01. The van der Waals surface area contributed by atoms with E-state index in [1.807, 2.05) is 4.68 Å². The van der Waals surface area contributed by atoms with Crippen LogP contribution in [0.3, 0.4) is 0 Å². The lowest BCUT2D eigenvalue weighted by molar-refractivity contribution is 0.468. The first-order valence-corrected chi connectivity index (χ1v) is 7.44. The van der Waals surface area contributed by atoms with Gasteiger partial charge in [-0.15, -0.1) is 0 Å². The van der Waals surface area contributed by atoms with Crippen LogP contribution < -0.4 is 5.32 Å². The second kappa shape index (κ2) is 6.71. The summed E-state index contributed by atoms with van der Waals surface area (Å²) in [5.41, 5.74) is 3.72. The Morgan fingerprint density at radius 2 is 1.85 bits per heavy atom. The molecule has 0 saturated heterocycles. The number of hydrogen-bond donors (Lipinski definition) is 1. The number of rotatable bonds is 6. The first-order chi connectivity index (χ1) is 9.60. The van der Waals surface area contributed by atoms with Crippen molar-refractivity contribution >= 4 is 0 Å². The van der Waals surface area contributed by atoms with Crippen molar-refractivity contribution in [1.29, 1.82) is 0 Å². The van der Waals surface area contributed by atoms with Gasteiger partial charge in [0.05, 0.1) is 5.69 Å². The van der Waals surface area contributed by atoms with Gasteiger partial charge in [0.2, 0.25) is 0 Å². The zero-order chi connectivity index (χ0) is 14.5. The molecule has 0 radical (unpaired) electrons. The van der Waals surface area contributed by atoms with Gasteiger partial charge in [0, 0.05) is 24.8 Å². The maximum Gasteiger partial charge on any atom is 0.0762 e. The average Bonchev–Trinajstić information content (AvgIpc) is 2.93. The van der Waals surface area contributed by atoms with E-state index in [1.54, 1.807) is 0 Å². The van der Waals surface area contributed by atoms with Gasteiger partial charge in [-0.05, 0) is 38.8 Å². The zero-order valence-electron chi connectivity index (χ0n) is 12.9. The van der Waals surface area contributed by atoms with E-state index in [9.17, 15) is 0 Å². The third-order valence-corrected chi connectivity index (χ3v) is 3.87. The number of aryl methyl sites for hydroxylation is 1. The van der Waals surface area contributed by atoms with Crippen molar-refractivity contribution in [2.75, 3.05) is 0 Å². The zero-order valence-corrected chi connectivity index (χ0v) is 12.9. The lowest BCUT2D eigenvalue weighted by Crippen LogP contribution is -2.18. The van der Waals surface area contributed by atoms with Crippen LogP contribution in [0.5, 0.6) is 0 Å². The molecule has 0 aliphatic rings. The molecule has 2 atom stereocenters. The summed E-state index contributed by atoms with van der Waals surface area (Å²) in [6.45, 7) is 9.49. The van der Waals surface area contributed by atoms with Crippen LogP contribution in [0.2, 0.25) is 0 Å². The fraction of sp³-hybridized carbons (Fsp3) is 0.471. The van der Waals surface area contributed by atoms with E-state index in [1.165, 1.54) is 11.1 Å². The summed E-state index contributed by atoms with van der Waals surface area (Å²) in [5.74, 6) is 0. The van der Waals surface area contributed by atoms with Crippen molar-refractivity contribution in [2.24, 2.45) is 0 Å². The quantitative estimate of drug-likeness (QED) is 0.860. The highest BCUT2D eigenvalue weighted by Gasteiger charge is 2.07. The van der Waals surface area contributed by atoms with Gasteiger partial charge in [-0.3, -0.25) is 4.68 Å². The Kier molecular flexibility index (Phi) is 4.96. The van der Waals surface area contributed by atoms with Crippen LogP contribution in [0.15, 0.2) is 36.5 Å². The Labute approximate surface area is 122 Å². The number of nitrogens with zero attached hydrogens (tertiary/aromatic N) is 2. The summed E-state index contributed by atoms with van der Waals surface area (Å²) in [6.07, 6.45) is 3.18. The maximum atomic E-state index is 4.61. The van der Waals surface area contributed by atoms with Gasteiger partial charge >= 0.3 is 0 Å². The van der Waals surface area contributed by atoms with Crippen molar-refractivity contribution in [1.82, 2.24) is 15.1 Å². The van der Waals surface area contributed by atoms with E-state index in [4.69, 9.17) is 0 Å². The minimum atomic E-state index is 0.337. The highest BCUT2D eigenvalue weighted by Crippen LogP contribution is 2.14. The highest BCUT2D eigenvalue weighted by molar-refractivity contribution is 5.23. The first-order valence-electron chi connectivity index (χ1n) is 7.44. The number of aromatic nitrogens is 2. The van der Waals surface area contributed by atoms with E-state index in [0.717, 1.165) is 18.7 Å². The normalized spacial score (nSPS) is 14.2. The second-order valence-electron chi connectivity index (χ2n) is 5.56. The molecule has 1 aromatic carbocycles. The van der Waals surface area contributed by atoms with Crippen molar-refractivity contribution in [3.05, 3.63) is 53.3 Å². The van der Waals surface area contributed by atoms with Gasteiger partial charge < -0.3 is 5.32 Å². The summed E-state index contributed by atoms with van der Waals surface area (Å²) in [7, 11) is 0. The standard InChI is InChI=1S/C17H25N3/c1-5-14(3)20-11-10-17(19-20)12-18-15(4)16-8-6-13(2)7-9-16/h6-11,14-15,18H,5,12H2,1-4H3. The minimum absolute atomic E-state index is 0.337. The first kappa shape index (κ1) is 14.8. The molecule has 0 amide bonds. The van der Waals surface area contributed by atoms with E-state index in [0.29, 0.717) is 12.1 Å². The monoisotopic (exact) mass is 271 g/mol.